The van der Waals surface area contributed by atoms with Crippen LogP contribution in [0.5, 0.6) is 5.75 Å². The van der Waals surface area contributed by atoms with Crippen molar-refractivity contribution in [2.24, 2.45) is 0 Å². The zero-order valence-electron chi connectivity index (χ0n) is 11.1. The minimum atomic E-state index is 0. The van der Waals surface area contributed by atoms with Crippen molar-refractivity contribution in [2.75, 3.05) is 13.6 Å². The molecule has 102 valence electrons. The molecule has 2 aromatic carbocycles. The van der Waals surface area contributed by atoms with Crippen LogP contribution in [-0.4, -0.2) is 13.6 Å². The molecule has 0 heterocycles. The van der Waals surface area contributed by atoms with Crippen molar-refractivity contribution in [3.63, 3.8) is 0 Å². The molecule has 0 saturated heterocycles. The molecule has 0 radical (unpaired) electrons. The van der Waals surface area contributed by atoms with Crippen LogP contribution in [0.25, 0.3) is 0 Å². The smallest absolute Gasteiger partial charge is 0.125 e. The predicted molar refractivity (Wildman–Crippen MR) is 82.0 cm³/mol. The van der Waals surface area contributed by atoms with Gasteiger partial charge in [-0.25, -0.2) is 0 Å². The lowest BCUT2D eigenvalue weighted by atomic mass is 10.1. The minimum Gasteiger partial charge on any atom is -0.486 e. The number of hydrogen-bond acceptors (Lipinski definition) is 2. The molecule has 19 heavy (non-hydrogen) atoms. The first-order chi connectivity index (χ1) is 8.90. The van der Waals surface area contributed by atoms with Gasteiger partial charge in [-0.05, 0) is 31.3 Å². The van der Waals surface area contributed by atoms with Crippen LogP contribution in [0.3, 0.4) is 0 Å². The van der Waals surface area contributed by atoms with Gasteiger partial charge in [0, 0.05) is 6.42 Å². The van der Waals surface area contributed by atoms with Crippen LogP contribution in [0, 0.1) is 0 Å². The second kappa shape index (κ2) is 8.57. The monoisotopic (exact) mass is 277 g/mol. The van der Waals surface area contributed by atoms with E-state index in [1.807, 2.05) is 43.4 Å². The molecule has 0 amide bonds. The summed E-state index contributed by atoms with van der Waals surface area (Å²) < 4.78 is 6.06. The number of ether oxygens (including phenoxy) is 1. The normalized spacial score (nSPS) is 11.4. The van der Waals surface area contributed by atoms with Crippen LogP contribution >= 0.6 is 12.4 Å². The van der Waals surface area contributed by atoms with Gasteiger partial charge in [-0.2, -0.15) is 0 Å². The number of rotatable bonds is 6. The summed E-state index contributed by atoms with van der Waals surface area (Å²) in [5.74, 6) is 0.919. The average molecular weight is 278 g/mol. The van der Waals surface area contributed by atoms with Crippen molar-refractivity contribution >= 4 is 12.4 Å². The Labute approximate surface area is 121 Å². The predicted octanol–water partition coefficient (Wildman–Crippen LogP) is 3.84. The van der Waals surface area contributed by atoms with Gasteiger partial charge in [0.1, 0.15) is 11.9 Å². The maximum Gasteiger partial charge on any atom is 0.125 e. The van der Waals surface area contributed by atoms with Crippen molar-refractivity contribution in [1.82, 2.24) is 5.32 Å². The third-order valence-electron chi connectivity index (χ3n) is 2.85. The molecule has 0 spiro atoms. The third-order valence-corrected chi connectivity index (χ3v) is 2.85. The van der Waals surface area contributed by atoms with Gasteiger partial charge in [0.25, 0.3) is 0 Å². The van der Waals surface area contributed by atoms with E-state index in [1.165, 1.54) is 5.56 Å². The molecule has 2 rings (SSSR count). The van der Waals surface area contributed by atoms with Crippen LogP contribution in [0.1, 0.15) is 18.1 Å². The van der Waals surface area contributed by atoms with Crippen LogP contribution in [0.15, 0.2) is 60.7 Å². The highest BCUT2D eigenvalue weighted by Gasteiger charge is 2.12. The summed E-state index contributed by atoms with van der Waals surface area (Å²) in [5, 5.41) is 3.17. The zero-order chi connectivity index (χ0) is 12.6. The van der Waals surface area contributed by atoms with E-state index in [9.17, 15) is 0 Å². The van der Waals surface area contributed by atoms with Gasteiger partial charge in [0.15, 0.2) is 0 Å². The second-order valence-corrected chi connectivity index (χ2v) is 4.22. The van der Waals surface area contributed by atoms with E-state index < -0.39 is 0 Å². The number of hydrogen-bond donors (Lipinski definition) is 1. The van der Waals surface area contributed by atoms with E-state index in [4.69, 9.17) is 4.74 Å². The first kappa shape index (κ1) is 15.5. The molecular formula is C16H20ClNO. The standard InChI is InChI=1S/C16H19NO.ClH/c1-17-13-12-16(14-8-4-2-5-9-14)18-15-10-6-3-7-11-15;/h2-11,16-17H,12-13H2,1H3;1H/t16-;/m1./s1. The van der Waals surface area contributed by atoms with Gasteiger partial charge >= 0.3 is 0 Å². The molecule has 1 N–H and O–H groups in total. The Balaban J connectivity index is 0.00000180. The molecule has 2 aromatic rings. The van der Waals surface area contributed by atoms with Crippen molar-refractivity contribution in [2.45, 2.75) is 12.5 Å². The molecule has 0 aliphatic rings. The average Bonchev–Trinajstić information content (AvgIpc) is 2.45. The first-order valence-corrected chi connectivity index (χ1v) is 6.31. The SMILES string of the molecule is CNCC[C@@H](Oc1ccccc1)c1ccccc1.Cl. The van der Waals surface area contributed by atoms with Crippen LogP contribution < -0.4 is 10.1 Å². The van der Waals surface area contributed by atoms with Crippen molar-refractivity contribution in [1.29, 1.82) is 0 Å². The molecule has 2 nitrogen and oxygen atoms in total. The number of halogens is 1. The van der Waals surface area contributed by atoms with E-state index in [0.29, 0.717) is 0 Å². The minimum absolute atomic E-state index is 0. The van der Waals surface area contributed by atoms with Crippen LogP contribution in [-0.2, 0) is 0 Å². The van der Waals surface area contributed by atoms with Crippen LogP contribution in [0.2, 0.25) is 0 Å². The van der Waals surface area contributed by atoms with Crippen LogP contribution in [0.4, 0.5) is 0 Å². The lowest BCUT2D eigenvalue weighted by molar-refractivity contribution is 0.195. The number of para-hydroxylation sites is 1. The van der Waals surface area contributed by atoms with Gasteiger partial charge in [0.2, 0.25) is 0 Å². The summed E-state index contributed by atoms with van der Waals surface area (Å²) >= 11 is 0. The molecule has 3 heteroatoms. The van der Waals surface area contributed by atoms with Gasteiger partial charge < -0.3 is 10.1 Å². The van der Waals surface area contributed by atoms with Crippen molar-refractivity contribution in [3.05, 3.63) is 66.2 Å². The van der Waals surface area contributed by atoms with Crippen molar-refractivity contribution < 1.29 is 4.74 Å². The number of benzene rings is 2. The van der Waals surface area contributed by atoms with Gasteiger partial charge in [-0.1, -0.05) is 48.5 Å². The molecule has 0 unspecified atom stereocenters. The fourth-order valence-electron chi connectivity index (χ4n) is 1.90. The van der Waals surface area contributed by atoms with Gasteiger partial charge in [-0.3, -0.25) is 0 Å². The molecule has 0 saturated carbocycles. The maximum absolute atomic E-state index is 6.06. The Kier molecular flexibility index (Phi) is 7.01. The van der Waals surface area contributed by atoms with E-state index in [2.05, 4.69) is 29.6 Å². The Morgan fingerprint density at radius 3 is 2.11 bits per heavy atom. The molecule has 0 fully saturated rings. The summed E-state index contributed by atoms with van der Waals surface area (Å²) in [7, 11) is 1.96. The Morgan fingerprint density at radius 1 is 0.947 bits per heavy atom. The van der Waals surface area contributed by atoms with Crippen molar-refractivity contribution in [3.8, 4) is 5.75 Å². The highest BCUT2D eigenvalue weighted by atomic mass is 35.5. The zero-order valence-corrected chi connectivity index (χ0v) is 11.9. The lowest BCUT2D eigenvalue weighted by Gasteiger charge is -2.19. The Bertz CT molecular complexity index is 447. The number of nitrogens with one attached hydrogen (secondary N) is 1. The van der Waals surface area contributed by atoms with E-state index in [0.717, 1.165) is 18.7 Å². The Morgan fingerprint density at radius 2 is 1.53 bits per heavy atom. The topological polar surface area (TPSA) is 21.3 Å². The van der Waals surface area contributed by atoms with Gasteiger partial charge in [0.05, 0.1) is 0 Å². The summed E-state index contributed by atoms with van der Waals surface area (Å²) in [6.07, 6.45) is 1.05. The summed E-state index contributed by atoms with van der Waals surface area (Å²) in [5.41, 5.74) is 1.22. The summed E-state index contributed by atoms with van der Waals surface area (Å²) in [4.78, 5) is 0. The van der Waals surface area contributed by atoms with E-state index in [1.54, 1.807) is 0 Å². The molecule has 1 atom stereocenters. The molecule has 0 aliphatic heterocycles. The maximum atomic E-state index is 6.06. The van der Waals surface area contributed by atoms with E-state index in [-0.39, 0.29) is 18.5 Å². The Hall–Kier alpha value is -1.51. The summed E-state index contributed by atoms with van der Waals surface area (Å²) in [6, 6.07) is 20.3. The highest BCUT2D eigenvalue weighted by molar-refractivity contribution is 5.85. The first-order valence-electron chi connectivity index (χ1n) is 6.31. The highest BCUT2D eigenvalue weighted by Crippen LogP contribution is 2.24. The molecule has 0 aliphatic carbocycles. The quantitative estimate of drug-likeness (QED) is 0.866. The fourth-order valence-corrected chi connectivity index (χ4v) is 1.90. The largest absolute Gasteiger partial charge is 0.486 e. The molecule has 0 bridgehead atoms. The molecule has 0 aromatic heterocycles. The second-order valence-electron chi connectivity index (χ2n) is 4.22. The lowest BCUT2D eigenvalue weighted by Crippen LogP contribution is -2.16. The van der Waals surface area contributed by atoms with E-state index >= 15 is 0 Å². The molecular weight excluding hydrogens is 258 g/mol. The fraction of sp³-hybridized carbons (Fsp3) is 0.250. The van der Waals surface area contributed by atoms with Gasteiger partial charge in [-0.15, -0.1) is 12.4 Å². The third kappa shape index (κ3) is 4.93. The summed E-state index contributed by atoms with van der Waals surface area (Å²) in [6.45, 7) is 0.937.